The lowest BCUT2D eigenvalue weighted by molar-refractivity contribution is 0.0497. The van der Waals surface area contributed by atoms with E-state index in [1.807, 2.05) is 12.1 Å². The third kappa shape index (κ3) is 7.65. The molecule has 2 aliphatic carbocycles. The normalized spacial score (nSPS) is 26.5. The van der Waals surface area contributed by atoms with Gasteiger partial charge in [-0.1, -0.05) is 77.3 Å². The van der Waals surface area contributed by atoms with Crippen molar-refractivity contribution in [2.75, 3.05) is 6.61 Å². The number of hydrogen-bond acceptors (Lipinski definition) is 2. The monoisotopic (exact) mass is 426 g/mol. The van der Waals surface area contributed by atoms with Crippen LogP contribution in [0.15, 0.2) is 24.3 Å². The number of carbonyl (C=O) groups excluding carboxylic acids is 1. The van der Waals surface area contributed by atoms with Gasteiger partial charge in [-0.25, -0.2) is 4.79 Å². The number of carbonyl (C=O) groups is 1. The molecule has 0 spiro atoms. The molecule has 2 heteroatoms. The summed E-state index contributed by atoms with van der Waals surface area (Å²) in [6.45, 7) is 5.10. The van der Waals surface area contributed by atoms with Gasteiger partial charge in [0.15, 0.2) is 0 Å². The van der Waals surface area contributed by atoms with Crippen LogP contribution in [0.2, 0.25) is 0 Å². The summed E-state index contributed by atoms with van der Waals surface area (Å²) < 4.78 is 5.46. The van der Waals surface area contributed by atoms with Gasteiger partial charge >= 0.3 is 5.97 Å². The van der Waals surface area contributed by atoms with Crippen molar-refractivity contribution in [3.8, 4) is 0 Å². The largest absolute Gasteiger partial charge is 0.462 e. The summed E-state index contributed by atoms with van der Waals surface area (Å²) in [7, 11) is 0. The number of unbranched alkanes of at least 4 members (excludes halogenated alkanes) is 4. The molecule has 174 valence electrons. The summed E-state index contributed by atoms with van der Waals surface area (Å²) in [4.78, 5) is 12.3. The average molecular weight is 427 g/mol. The third-order valence-corrected chi connectivity index (χ3v) is 8.13. The molecule has 1 aromatic rings. The zero-order valence-corrected chi connectivity index (χ0v) is 20.2. The standard InChI is InChI=1S/C29H46O2/c1-3-5-6-7-8-22-31-29(30)28-20-18-27(19-21-28)26-16-14-25(15-17-26)24-12-10-23(9-4-2)11-13-24/h18-21,23-26H,3-17,22H2,1-2H3/t23-,24-,25?,26?. The van der Waals surface area contributed by atoms with Crippen LogP contribution in [0.5, 0.6) is 0 Å². The summed E-state index contributed by atoms with van der Waals surface area (Å²) in [6, 6.07) is 8.32. The molecule has 0 amide bonds. The Labute approximate surface area is 191 Å². The zero-order valence-electron chi connectivity index (χ0n) is 20.2. The first-order valence-electron chi connectivity index (χ1n) is 13.5. The predicted molar refractivity (Wildman–Crippen MR) is 131 cm³/mol. The van der Waals surface area contributed by atoms with Crippen LogP contribution in [-0.2, 0) is 4.74 Å². The van der Waals surface area contributed by atoms with E-state index in [0.29, 0.717) is 18.1 Å². The molecule has 0 heterocycles. The molecule has 0 bridgehead atoms. The lowest BCUT2D eigenvalue weighted by atomic mass is 9.68. The van der Waals surface area contributed by atoms with Gasteiger partial charge in [0, 0.05) is 0 Å². The number of benzene rings is 1. The van der Waals surface area contributed by atoms with E-state index in [2.05, 4.69) is 26.0 Å². The number of rotatable bonds is 11. The van der Waals surface area contributed by atoms with Gasteiger partial charge in [0.1, 0.15) is 0 Å². The Morgan fingerprint density at radius 3 is 2.00 bits per heavy atom. The first kappa shape index (κ1) is 24.3. The maximum Gasteiger partial charge on any atom is 0.338 e. The van der Waals surface area contributed by atoms with Crippen molar-refractivity contribution in [1.29, 1.82) is 0 Å². The Bertz CT molecular complexity index is 619. The van der Waals surface area contributed by atoms with Crippen molar-refractivity contribution in [3.63, 3.8) is 0 Å². The predicted octanol–water partition coefficient (Wildman–Crippen LogP) is 8.69. The molecule has 0 radical (unpaired) electrons. The second-order valence-corrected chi connectivity index (χ2v) is 10.4. The molecule has 2 saturated carbocycles. The second kappa shape index (κ2) is 13.3. The summed E-state index contributed by atoms with van der Waals surface area (Å²) in [6.07, 6.45) is 20.1. The van der Waals surface area contributed by atoms with Gasteiger partial charge in [-0.3, -0.25) is 0 Å². The van der Waals surface area contributed by atoms with Gasteiger partial charge in [-0.15, -0.1) is 0 Å². The smallest absolute Gasteiger partial charge is 0.338 e. The van der Waals surface area contributed by atoms with E-state index in [4.69, 9.17) is 4.74 Å². The van der Waals surface area contributed by atoms with Crippen LogP contribution >= 0.6 is 0 Å². The number of ether oxygens (including phenoxy) is 1. The molecule has 0 aromatic heterocycles. The summed E-state index contributed by atoms with van der Waals surface area (Å²) in [5.41, 5.74) is 2.12. The molecule has 2 aliphatic rings. The minimum Gasteiger partial charge on any atom is -0.462 e. The molecule has 2 nitrogen and oxygen atoms in total. The van der Waals surface area contributed by atoms with Crippen LogP contribution in [0, 0.1) is 17.8 Å². The van der Waals surface area contributed by atoms with Crippen LogP contribution in [0.25, 0.3) is 0 Å². The van der Waals surface area contributed by atoms with Gasteiger partial charge in [0.05, 0.1) is 12.2 Å². The fourth-order valence-corrected chi connectivity index (χ4v) is 6.13. The molecule has 2 fully saturated rings. The average Bonchev–Trinajstić information content (AvgIpc) is 2.82. The molecule has 0 N–H and O–H groups in total. The SMILES string of the molecule is CCCCCCCOC(=O)c1ccc(C2CCC([C@H]3CC[C@H](CCC)CC3)CC2)cc1. The van der Waals surface area contributed by atoms with Crippen molar-refractivity contribution in [2.24, 2.45) is 17.8 Å². The third-order valence-electron chi connectivity index (χ3n) is 8.13. The Morgan fingerprint density at radius 1 is 0.774 bits per heavy atom. The van der Waals surface area contributed by atoms with E-state index in [1.54, 1.807) is 0 Å². The van der Waals surface area contributed by atoms with Crippen LogP contribution in [0.1, 0.15) is 132 Å². The van der Waals surface area contributed by atoms with E-state index in [-0.39, 0.29) is 5.97 Å². The van der Waals surface area contributed by atoms with Crippen molar-refractivity contribution in [3.05, 3.63) is 35.4 Å². The Kier molecular flexibility index (Phi) is 10.4. The molecule has 0 saturated heterocycles. The van der Waals surface area contributed by atoms with E-state index >= 15 is 0 Å². The summed E-state index contributed by atoms with van der Waals surface area (Å²) in [5.74, 6) is 3.49. The van der Waals surface area contributed by atoms with Crippen LogP contribution in [0.4, 0.5) is 0 Å². The van der Waals surface area contributed by atoms with Crippen molar-refractivity contribution in [1.82, 2.24) is 0 Å². The fourth-order valence-electron chi connectivity index (χ4n) is 6.13. The number of hydrogen-bond donors (Lipinski definition) is 0. The zero-order chi connectivity index (χ0) is 21.9. The maximum absolute atomic E-state index is 12.3. The quantitative estimate of drug-likeness (QED) is 0.261. The number of esters is 1. The van der Waals surface area contributed by atoms with E-state index < -0.39 is 0 Å². The Hall–Kier alpha value is -1.31. The highest BCUT2D eigenvalue weighted by Crippen LogP contribution is 2.44. The minimum absolute atomic E-state index is 0.163. The van der Waals surface area contributed by atoms with Crippen molar-refractivity contribution < 1.29 is 9.53 Å². The van der Waals surface area contributed by atoms with E-state index in [0.717, 1.165) is 30.6 Å². The molecule has 31 heavy (non-hydrogen) atoms. The Morgan fingerprint density at radius 2 is 1.39 bits per heavy atom. The van der Waals surface area contributed by atoms with E-state index in [1.165, 1.54) is 89.0 Å². The molecular weight excluding hydrogens is 380 g/mol. The first-order chi connectivity index (χ1) is 15.2. The van der Waals surface area contributed by atoms with Crippen molar-refractivity contribution in [2.45, 2.75) is 116 Å². The van der Waals surface area contributed by atoms with Gasteiger partial charge in [-0.05, 0) is 86.3 Å². The van der Waals surface area contributed by atoms with Crippen LogP contribution in [0.3, 0.4) is 0 Å². The lowest BCUT2D eigenvalue weighted by Crippen LogP contribution is -2.25. The fraction of sp³-hybridized carbons (Fsp3) is 0.759. The van der Waals surface area contributed by atoms with Gasteiger partial charge in [-0.2, -0.15) is 0 Å². The van der Waals surface area contributed by atoms with Gasteiger partial charge < -0.3 is 4.74 Å². The highest BCUT2D eigenvalue weighted by atomic mass is 16.5. The second-order valence-electron chi connectivity index (χ2n) is 10.4. The topological polar surface area (TPSA) is 26.3 Å². The lowest BCUT2D eigenvalue weighted by Gasteiger charge is -2.38. The molecule has 0 atom stereocenters. The maximum atomic E-state index is 12.3. The summed E-state index contributed by atoms with van der Waals surface area (Å²) in [5, 5.41) is 0. The molecule has 0 unspecified atom stereocenters. The summed E-state index contributed by atoms with van der Waals surface area (Å²) >= 11 is 0. The van der Waals surface area contributed by atoms with Crippen LogP contribution in [-0.4, -0.2) is 12.6 Å². The minimum atomic E-state index is -0.163. The molecule has 1 aromatic carbocycles. The highest BCUT2D eigenvalue weighted by molar-refractivity contribution is 5.89. The molecule has 0 aliphatic heterocycles. The van der Waals surface area contributed by atoms with Gasteiger partial charge in [0.25, 0.3) is 0 Å². The molecule has 3 rings (SSSR count). The van der Waals surface area contributed by atoms with E-state index in [9.17, 15) is 4.79 Å². The van der Waals surface area contributed by atoms with Crippen molar-refractivity contribution >= 4 is 5.97 Å². The highest BCUT2D eigenvalue weighted by Gasteiger charge is 2.31. The van der Waals surface area contributed by atoms with Crippen LogP contribution < -0.4 is 0 Å². The Balaban J connectivity index is 1.37. The first-order valence-corrected chi connectivity index (χ1v) is 13.5. The van der Waals surface area contributed by atoms with Gasteiger partial charge in [0.2, 0.25) is 0 Å². The molecular formula is C29H46O2.